The Bertz CT molecular complexity index is 589. The Balaban J connectivity index is 2.59. The fourth-order valence-electron chi connectivity index (χ4n) is 1.62. The standard InChI is InChI=1S/C11H12N4O2/c1-6-5-9(13-10(12-6)11(16)17)15-8(3)4-7(2)14-15/h4-5H,1-3H3,(H,16,17). The lowest BCUT2D eigenvalue weighted by atomic mass is 10.4. The summed E-state index contributed by atoms with van der Waals surface area (Å²) in [6.07, 6.45) is 0. The van der Waals surface area contributed by atoms with Crippen molar-refractivity contribution in [2.75, 3.05) is 0 Å². The fraction of sp³-hybridized carbons (Fsp3) is 0.273. The van der Waals surface area contributed by atoms with Crippen molar-refractivity contribution in [3.8, 4) is 5.82 Å². The quantitative estimate of drug-likeness (QED) is 0.843. The first-order valence-corrected chi connectivity index (χ1v) is 5.10. The minimum absolute atomic E-state index is 0.215. The third kappa shape index (κ3) is 2.15. The van der Waals surface area contributed by atoms with Crippen LogP contribution in [0.2, 0.25) is 0 Å². The lowest BCUT2D eigenvalue weighted by molar-refractivity contribution is 0.0683. The number of aromatic carboxylic acids is 1. The number of nitrogens with zero attached hydrogens (tertiary/aromatic N) is 4. The fourth-order valence-corrected chi connectivity index (χ4v) is 1.62. The van der Waals surface area contributed by atoms with E-state index in [-0.39, 0.29) is 5.82 Å². The number of rotatable bonds is 2. The SMILES string of the molecule is Cc1cc(-n2nc(C)cc2C)nc(C(=O)O)n1. The monoisotopic (exact) mass is 232 g/mol. The van der Waals surface area contributed by atoms with Gasteiger partial charge in [-0.25, -0.2) is 19.4 Å². The number of hydrogen-bond acceptors (Lipinski definition) is 4. The zero-order valence-electron chi connectivity index (χ0n) is 9.80. The van der Waals surface area contributed by atoms with Crippen molar-refractivity contribution in [2.24, 2.45) is 0 Å². The van der Waals surface area contributed by atoms with Crippen LogP contribution in [0, 0.1) is 20.8 Å². The van der Waals surface area contributed by atoms with Gasteiger partial charge in [0.2, 0.25) is 5.82 Å². The van der Waals surface area contributed by atoms with Gasteiger partial charge in [0.1, 0.15) is 0 Å². The number of hydrogen-bond donors (Lipinski definition) is 1. The molecular formula is C11H12N4O2. The van der Waals surface area contributed by atoms with E-state index >= 15 is 0 Å². The van der Waals surface area contributed by atoms with Gasteiger partial charge in [-0.15, -0.1) is 0 Å². The minimum atomic E-state index is -1.14. The summed E-state index contributed by atoms with van der Waals surface area (Å²) >= 11 is 0. The Hall–Kier alpha value is -2.24. The van der Waals surface area contributed by atoms with Gasteiger partial charge >= 0.3 is 5.97 Å². The average molecular weight is 232 g/mol. The van der Waals surface area contributed by atoms with Crippen molar-refractivity contribution in [3.63, 3.8) is 0 Å². The molecule has 17 heavy (non-hydrogen) atoms. The summed E-state index contributed by atoms with van der Waals surface area (Å²) < 4.78 is 1.61. The maximum atomic E-state index is 10.9. The Morgan fingerprint density at radius 2 is 1.88 bits per heavy atom. The first-order chi connectivity index (χ1) is 7.97. The molecule has 0 unspecified atom stereocenters. The molecule has 0 aromatic carbocycles. The van der Waals surface area contributed by atoms with E-state index in [1.165, 1.54) is 0 Å². The van der Waals surface area contributed by atoms with Crippen LogP contribution in [0.15, 0.2) is 12.1 Å². The molecule has 0 aliphatic heterocycles. The van der Waals surface area contributed by atoms with Gasteiger partial charge in [-0.2, -0.15) is 5.10 Å². The normalized spacial score (nSPS) is 10.5. The maximum Gasteiger partial charge on any atom is 0.374 e. The van der Waals surface area contributed by atoms with Gasteiger partial charge in [0.15, 0.2) is 5.82 Å². The molecule has 0 aliphatic carbocycles. The number of carboxylic acid groups (broad SMARTS) is 1. The second kappa shape index (κ2) is 3.97. The van der Waals surface area contributed by atoms with Crippen LogP contribution in [0.4, 0.5) is 0 Å². The van der Waals surface area contributed by atoms with Crippen LogP contribution >= 0.6 is 0 Å². The van der Waals surface area contributed by atoms with Gasteiger partial charge in [-0.1, -0.05) is 0 Å². The van der Waals surface area contributed by atoms with E-state index in [2.05, 4.69) is 15.1 Å². The van der Waals surface area contributed by atoms with Gasteiger partial charge in [-0.05, 0) is 26.8 Å². The Labute approximate surface area is 98.0 Å². The van der Waals surface area contributed by atoms with Crippen LogP contribution in [0.1, 0.15) is 27.7 Å². The molecule has 1 N–H and O–H groups in total. The van der Waals surface area contributed by atoms with Crippen LogP contribution in [0.25, 0.3) is 5.82 Å². The van der Waals surface area contributed by atoms with Crippen molar-refractivity contribution in [2.45, 2.75) is 20.8 Å². The second-order valence-corrected chi connectivity index (χ2v) is 3.84. The van der Waals surface area contributed by atoms with Gasteiger partial charge < -0.3 is 5.11 Å². The summed E-state index contributed by atoms with van der Waals surface area (Å²) in [5, 5.41) is 13.2. The Morgan fingerprint density at radius 3 is 2.41 bits per heavy atom. The topological polar surface area (TPSA) is 80.9 Å². The smallest absolute Gasteiger partial charge is 0.374 e. The first-order valence-electron chi connectivity index (χ1n) is 5.10. The molecule has 2 rings (SSSR count). The molecule has 0 bridgehead atoms. The third-order valence-electron chi connectivity index (χ3n) is 2.26. The number of carboxylic acids is 1. The second-order valence-electron chi connectivity index (χ2n) is 3.84. The van der Waals surface area contributed by atoms with E-state index in [0.717, 1.165) is 11.4 Å². The van der Waals surface area contributed by atoms with Gasteiger partial charge in [-0.3, -0.25) is 0 Å². The molecule has 0 atom stereocenters. The Morgan fingerprint density at radius 1 is 1.18 bits per heavy atom. The predicted molar refractivity (Wildman–Crippen MR) is 60.3 cm³/mol. The van der Waals surface area contributed by atoms with Gasteiger partial charge in [0.25, 0.3) is 0 Å². The number of carbonyl (C=O) groups is 1. The van der Waals surface area contributed by atoms with Crippen molar-refractivity contribution in [1.82, 2.24) is 19.7 Å². The summed E-state index contributed by atoms with van der Waals surface area (Å²) in [4.78, 5) is 18.7. The van der Waals surface area contributed by atoms with E-state index in [1.807, 2.05) is 19.9 Å². The van der Waals surface area contributed by atoms with E-state index in [1.54, 1.807) is 17.7 Å². The average Bonchev–Trinajstić information content (AvgIpc) is 2.57. The first kappa shape index (κ1) is 11.3. The molecular weight excluding hydrogens is 220 g/mol. The molecule has 0 fully saturated rings. The van der Waals surface area contributed by atoms with Gasteiger partial charge in [0.05, 0.1) is 5.69 Å². The van der Waals surface area contributed by atoms with Crippen molar-refractivity contribution in [1.29, 1.82) is 0 Å². The molecule has 0 saturated heterocycles. The summed E-state index contributed by atoms with van der Waals surface area (Å²) in [7, 11) is 0. The minimum Gasteiger partial charge on any atom is -0.475 e. The maximum absolute atomic E-state index is 10.9. The van der Waals surface area contributed by atoms with E-state index in [0.29, 0.717) is 11.5 Å². The summed E-state index contributed by atoms with van der Waals surface area (Å²) in [6, 6.07) is 3.60. The summed E-state index contributed by atoms with van der Waals surface area (Å²) in [5.74, 6) is -0.885. The molecule has 6 heteroatoms. The number of aromatic nitrogens is 4. The molecule has 0 spiro atoms. The molecule has 88 valence electrons. The largest absolute Gasteiger partial charge is 0.475 e. The van der Waals surface area contributed by atoms with Crippen LogP contribution in [0.5, 0.6) is 0 Å². The molecule has 0 radical (unpaired) electrons. The lowest BCUT2D eigenvalue weighted by Gasteiger charge is -2.05. The molecule has 0 amide bonds. The highest BCUT2D eigenvalue weighted by molar-refractivity contribution is 5.83. The molecule has 0 saturated carbocycles. The molecule has 0 aliphatic rings. The van der Waals surface area contributed by atoms with Crippen LogP contribution in [0.3, 0.4) is 0 Å². The highest BCUT2D eigenvalue weighted by Gasteiger charge is 2.12. The number of aryl methyl sites for hydroxylation is 3. The highest BCUT2D eigenvalue weighted by atomic mass is 16.4. The highest BCUT2D eigenvalue weighted by Crippen LogP contribution is 2.11. The Kier molecular flexibility index (Phi) is 2.63. The van der Waals surface area contributed by atoms with Crippen molar-refractivity contribution < 1.29 is 9.90 Å². The summed E-state index contributed by atoms with van der Waals surface area (Å²) in [5.41, 5.74) is 2.35. The van der Waals surface area contributed by atoms with Crippen LogP contribution in [-0.2, 0) is 0 Å². The van der Waals surface area contributed by atoms with Crippen molar-refractivity contribution in [3.05, 3.63) is 35.0 Å². The molecule has 6 nitrogen and oxygen atoms in total. The van der Waals surface area contributed by atoms with Crippen LogP contribution < -0.4 is 0 Å². The molecule has 2 aromatic rings. The van der Waals surface area contributed by atoms with Crippen molar-refractivity contribution >= 4 is 5.97 Å². The van der Waals surface area contributed by atoms with E-state index in [4.69, 9.17) is 5.11 Å². The lowest BCUT2D eigenvalue weighted by Crippen LogP contribution is -2.10. The summed E-state index contributed by atoms with van der Waals surface area (Å²) in [6.45, 7) is 5.48. The molecule has 2 heterocycles. The zero-order chi connectivity index (χ0) is 12.6. The molecule has 2 aromatic heterocycles. The third-order valence-corrected chi connectivity index (χ3v) is 2.26. The van der Waals surface area contributed by atoms with Gasteiger partial charge in [0, 0.05) is 17.5 Å². The van der Waals surface area contributed by atoms with E-state index in [9.17, 15) is 4.79 Å². The van der Waals surface area contributed by atoms with E-state index < -0.39 is 5.97 Å². The van der Waals surface area contributed by atoms with Crippen LogP contribution in [-0.4, -0.2) is 30.8 Å². The predicted octanol–water partition coefficient (Wildman–Crippen LogP) is 1.29. The zero-order valence-corrected chi connectivity index (χ0v) is 9.80.